The minimum Gasteiger partial charge on any atom is -0.370 e. The summed E-state index contributed by atoms with van der Waals surface area (Å²) in [5, 5.41) is 5.91. The summed E-state index contributed by atoms with van der Waals surface area (Å²) in [5.74, 6) is -0.00488. The van der Waals surface area contributed by atoms with Gasteiger partial charge in [0.15, 0.2) is 0 Å². The third kappa shape index (κ3) is 4.79. The lowest BCUT2D eigenvalue weighted by Gasteiger charge is -2.23. The molecule has 0 aromatic rings. The van der Waals surface area contributed by atoms with Gasteiger partial charge in [0.05, 0.1) is 6.61 Å². The summed E-state index contributed by atoms with van der Waals surface area (Å²) in [6.45, 7) is 0.658. The predicted molar refractivity (Wildman–Crippen MR) is 69.8 cm³/mol. The average molecular weight is 317 g/mol. The zero-order valence-electron chi connectivity index (χ0n) is 11.1. The molecule has 1 unspecified atom stereocenters. The van der Waals surface area contributed by atoms with E-state index in [4.69, 9.17) is 0 Å². The fourth-order valence-electron chi connectivity index (χ4n) is 2.75. The number of halogens is 4. The second-order valence-corrected chi connectivity index (χ2v) is 5.33. The second kappa shape index (κ2) is 6.95. The van der Waals surface area contributed by atoms with Crippen LogP contribution in [0.5, 0.6) is 0 Å². The van der Waals surface area contributed by atoms with Crippen LogP contribution in [0.25, 0.3) is 0 Å². The summed E-state index contributed by atoms with van der Waals surface area (Å²) in [6, 6.07) is 0. The van der Waals surface area contributed by atoms with Gasteiger partial charge in [-0.2, -0.15) is 13.2 Å². The van der Waals surface area contributed by atoms with Crippen molar-refractivity contribution >= 4 is 18.3 Å². The van der Waals surface area contributed by atoms with Gasteiger partial charge in [0.25, 0.3) is 0 Å². The molecule has 0 aromatic heterocycles. The molecule has 0 radical (unpaired) electrons. The zero-order chi connectivity index (χ0) is 13.9. The van der Waals surface area contributed by atoms with Gasteiger partial charge in [-0.05, 0) is 37.8 Å². The number of nitrogens with one attached hydrogen (secondary N) is 2. The number of carbonyl (C=O) groups is 1. The predicted octanol–water partition coefficient (Wildman–Crippen LogP) is 1.49. The van der Waals surface area contributed by atoms with Gasteiger partial charge in [-0.1, -0.05) is 0 Å². The molecule has 4 nitrogen and oxygen atoms in total. The maximum atomic E-state index is 11.8. The molecule has 1 heterocycles. The van der Waals surface area contributed by atoms with Crippen LogP contribution in [0.1, 0.15) is 19.3 Å². The number of carbonyl (C=O) groups excluding carboxylic acids is 1. The number of ether oxygens (including phenoxy) is 1. The van der Waals surface area contributed by atoms with Crippen LogP contribution in [0.4, 0.5) is 13.2 Å². The van der Waals surface area contributed by atoms with Crippen molar-refractivity contribution in [1.29, 1.82) is 0 Å². The Balaban J connectivity index is 0.00000200. The highest BCUT2D eigenvalue weighted by Crippen LogP contribution is 2.58. The minimum atomic E-state index is -4.31. The highest BCUT2D eigenvalue weighted by Gasteiger charge is 2.57. The van der Waals surface area contributed by atoms with Crippen molar-refractivity contribution in [3.8, 4) is 0 Å². The van der Waals surface area contributed by atoms with Crippen molar-refractivity contribution in [3.63, 3.8) is 0 Å². The molecule has 1 amide bonds. The van der Waals surface area contributed by atoms with E-state index in [-0.39, 0.29) is 42.8 Å². The van der Waals surface area contributed by atoms with Gasteiger partial charge in [-0.15, -0.1) is 12.4 Å². The van der Waals surface area contributed by atoms with E-state index in [9.17, 15) is 18.0 Å². The van der Waals surface area contributed by atoms with Crippen LogP contribution < -0.4 is 10.6 Å². The summed E-state index contributed by atoms with van der Waals surface area (Å²) in [7, 11) is 0. The van der Waals surface area contributed by atoms with E-state index in [2.05, 4.69) is 15.4 Å². The van der Waals surface area contributed by atoms with Gasteiger partial charge in [0.2, 0.25) is 5.91 Å². The first kappa shape index (κ1) is 17.5. The third-order valence-electron chi connectivity index (χ3n) is 3.92. The van der Waals surface area contributed by atoms with Crippen molar-refractivity contribution in [2.24, 2.45) is 11.3 Å². The molecular weight excluding hydrogens is 297 g/mol. The molecule has 2 aliphatic rings. The van der Waals surface area contributed by atoms with Gasteiger partial charge >= 0.3 is 6.18 Å². The topological polar surface area (TPSA) is 50.4 Å². The lowest BCUT2D eigenvalue weighted by Crippen LogP contribution is -2.35. The van der Waals surface area contributed by atoms with E-state index < -0.39 is 12.8 Å². The Bertz CT molecular complexity index is 333. The lowest BCUT2D eigenvalue weighted by molar-refractivity contribution is -0.173. The van der Waals surface area contributed by atoms with E-state index in [1.807, 2.05) is 0 Å². The summed E-state index contributed by atoms with van der Waals surface area (Å²) in [6.07, 6.45) is -1.38. The Morgan fingerprint density at radius 3 is 2.60 bits per heavy atom. The van der Waals surface area contributed by atoms with Crippen LogP contribution >= 0.6 is 12.4 Å². The van der Waals surface area contributed by atoms with Crippen LogP contribution in [-0.2, 0) is 9.53 Å². The molecule has 1 spiro atoms. The van der Waals surface area contributed by atoms with E-state index in [1.165, 1.54) is 0 Å². The number of piperidine rings is 1. The maximum Gasteiger partial charge on any atom is 0.411 e. The number of rotatable bonds is 5. The summed E-state index contributed by atoms with van der Waals surface area (Å²) in [4.78, 5) is 11.8. The zero-order valence-corrected chi connectivity index (χ0v) is 11.9. The molecule has 8 heteroatoms. The monoisotopic (exact) mass is 316 g/mol. The quantitative estimate of drug-likeness (QED) is 0.756. The van der Waals surface area contributed by atoms with E-state index in [1.54, 1.807) is 0 Å². The largest absolute Gasteiger partial charge is 0.411 e. The highest BCUT2D eigenvalue weighted by atomic mass is 35.5. The van der Waals surface area contributed by atoms with Crippen LogP contribution in [0.15, 0.2) is 0 Å². The number of hydrogen-bond acceptors (Lipinski definition) is 3. The SMILES string of the molecule is Cl.O=C(NCCOCC(F)(F)F)C1CC12CCNCC2. The van der Waals surface area contributed by atoms with Crippen molar-refractivity contribution in [2.75, 3.05) is 32.8 Å². The molecule has 2 fully saturated rings. The molecule has 1 saturated heterocycles. The summed E-state index contributed by atoms with van der Waals surface area (Å²) >= 11 is 0. The normalized spacial score (nSPS) is 24.1. The minimum absolute atomic E-state index is 0. The first-order chi connectivity index (χ1) is 8.93. The summed E-state index contributed by atoms with van der Waals surface area (Å²) < 4.78 is 39.8. The van der Waals surface area contributed by atoms with Crippen LogP contribution in [-0.4, -0.2) is 44.9 Å². The lowest BCUT2D eigenvalue weighted by atomic mass is 9.92. The average Bonchev–Trinajstić information content (AvgIpc) is 3.02. The van der Waals surface area contributed by atoms with Gasteiger partial charge in [-0.25, -0.2) is 0 Å². The Hall–Kier alpha value is -0.530. The van der Waals surface area contributed by atoms with Crippen molar-refractivity contribution in [2.45, 2.75) is 25.4 Å². The Kier molecular flexibility index (Phi) is 6.09. The molecular formula is C12H20ClF3N2O2. The number of hydrogen-bond donors (Lipinski definition) is 2. The van der Waals surface area contributed by atoms with Gasteiger partial charge in [0.1, 0.15) is 6.61 Å². The Morgan fingerprint density at radius 1 is 1.35 bits per heavy atom. The fraction of sp³-hybridized carbons (Fsp3) is 0.917. The van der Waals surface area contributed by atoms with E-state index in [0.29, 0.717) is 0 Å². The molecule has 1 atom stereocenters. The fourth-order valence-corrected chi connectivity index (χ4v) is 2.75. The van der Waals surface area contributed by atoms with Gasteiger partial charge in [0, 0.05) is 12.5 Å². The van der Waals surface area contributed by atoms with Gasteiger partial charge in [-0.3, -0.25) is 4.79 Å². The van der Waals surface area contributed by atoms with E-state index >= 15 is 0 Å². The Morgan fingerprint density at radius 2 is 2.00 bits per heavy atom. The summed E-state index contributed by atoms with van der Waals surface area (Å²) in [5.41, 5.74) is 0.155. The van der Waals surface area contributed by atoms with Crippen molar-refractivity contribution in [1.82, 2.24) is 10.6 Å². The number of amides is 1. The van der Waals surface area contributed by atoms with Gasteiger partial charge < -0.3 is 15.4 Å². The maximum absolute atomic E-state index is 11.8. The molecule has 2 N–H and O–H groups in total. The molecule has 1 aliphatic carbocycles. The van der Waals surface area contributed by atoms with Crippen LogP contribution in [0, 0.1) is 11.3 Å². The van der Waals surface area contributed by atoms with Crippen LogP contribution in [0.3, 0.4) is 0 Å². The van der Waals surface area contributed by atoms with Crippen molar-refractivity contribution in [3.05, 3.63) is 0 Å². The Labute approximate surface area is 122 Å². The molecule has 20 heavy (non-hydrogen) atoms. The third-order valence-corrected chi connectivity index (χ3v) is 3.92. The number of alkyl halides is 3. The smallest absolute Gasteiger partial charge is 0.370 e. The first-order valence-corrected chi connectivity index (χ1v) is 6.56. The second-order valence-electron chi connectivity index (χ2n) is 5.33. The molecule has 0 aromatic carbocycles. The highest BCUT2D eigenvalue weighted by molar-refractivity contribution is 5.85. The van der Waals surface area contributed by atoms with Crippen LogP contribution in [0.2, 0.25) is 0 Å². The molecule has 1 saturated carbocycles. The molecule has 2 rings (SSSR count). The standard InChI is InChI=1S/C12H19F3N2O2.ClH/c13-12(14,15)8-19-6-5-17-10(18)9-7-11(9)1-3-16-4-2-11;/h9,16H,1-8H2,(H,17,18);1H. The molecule has 0 bridgehead atoms. The first-order valence-electron chi connectivity index (χ1n) is 6.56. The van der Waals surface area contributed by atoms with Crippen molar-refractivity contribution < 1.29 is 22.7 Å². The molecule has 1 aliphatic heterocycles. The molecule has 118 valence electrons. The van der Waals surface area contributed by atoms with E-state index in [0.717, 1.165) is 32.4 Å².